The Morgan fingerprint density at radius 1 is 0.914 bits per heavy atom. The van der Waals surface area contributed by atoms with Crippen molar-refractivity contribution in [1.82, 2.24) is 29.3 Å². The van der Waals surface area contributed by atoms with E-state index in [1.54, 1.807) is 0 Å². The van der Waals surface area contributed by atoms with E-state index in [2.05, 4.69) is 102 Å². The van der Waals surface area contributed by atoms with Gasteiger partial charge in [0.1, 0.15) is 5.52 Å². The summed E-state index contributed by atoms with van der Waals surface area (Å²) in [5.74, 6) is 1.54. The smallest absolute Gasteiger partial charge is 0.166 e. The van der Waals surface area contributed by atoms with Gasteiger partial charge in [0, 0.05) is 68.6 Å². The Labute approximate surface area is 210 Å². The molecule has 1 aliphatic heterocycles. The molecule has 1 saturated heterocycles. The van der Waals surface area contributed by atoms with Gasteiger partial charge in [-0.1, -0.05) is 0 Å². The molecule has 0 saturated carbocycles. The van der Waals surface area contributed by atoms with E-state index in [1.807, 2.05) is 6.33 Å². The first kappa shape index (κ1) is 25.4. The fraction of sp³-hybridized carbons (Fsp3) is 0.593. The number of likely N-dealkylation sites (N-methyl/N-ethyl adjacent to an activating group) is 1. The Morgan fingerprint density at radius 2 is 1.57 bits per heavy atom. The number of benzene rings is 1. The van der Waals surface area contributed by atoms with E-state index in [0.29, 0.717) is 12.1 Å². The van der Waals surface area contributed by atoms with E-state index >= 15 is 0 Å². The van der Waals surface area contributed by atoms with Crippen molar-refractivity contribution in [2.75, 3.05) is 56.5 Å². The number of hydrogen-bond acceptors (Lipinski definition) is 7. The van der Waals surface area contributed by atoms with Crippen molar-refractivity contribution in [3.8, 4) is 11.4 Å². The second-order valence-electron chi connectivity index (χ2n) is 10.5. The predicted molar refractivity (Wildman–Crippen MR) is 146 cm³/mol. The lowest BCUT2D eigenvalue weighted by atomic mass is 10.1. The highest BCUT2D eigenvalue weighted by molar-refractivity contribution is 5.85. The van der Waals surface area contributed by atoms with Crippen LogP contribution in [0, 0.1) is 0 Å². The van der Waals surface area contributed by atoms with Crippen molar-refractivity contribution < 1.29 is 0 Å². The third-order valence-corrected chi connectivity index (χ3v) is 6.96. The van der Waals surface area contributed by atoms with Gasteiger partial charge in [0.05, 0.1) is 6.33 Å². The molecule has 0 atom stereocenters. The summed E-state index contributed by atoms with van der Waals surface area (Å²) in [7, 11) is 2.19. The van der Waals surface area contributed by atoms with Crippen molar-refractivity contribution in [3.05, 3.63) is 30.6 Å². The molecular formula is C27H42N8. The molecule has 0 unspecified atom stereocenters. The van der Waals surface area contributed by atoms with Gasteiger partial charge in [-0.15, -0.1) is 0 Å². The second-order valence-corrected chi connectivity index (χ2v) is 10.5. The Kier molecular flexibility index (Phi) is 7.91. The summed E-state index contributed by atoms with van der Waals surface area (Å²) in [5.41, 5.74) is 3.99. The first-order valence-corrected chi connectivity index (χ1v) is 13.0. The lowest BCUT2D eigenvalue weighted by Crippen LogP contribution is -2.44. The average molecular weight is 479 g/mol. The Bertz CT molecular complexity index is 1090. The zero-order valence-electron chi connectivity index (χ0n) is 22.5. The van der Waals surface area contributed by atoms with Gasteiger partial charge in [0.2, 0.25) is 0 Å². The molecule has 35 heavy (non-hydrogen) atoms. The molecule has 0 spiro atoms. The van der Waals surface area contributed by atoms with Crippen LogP contribution >= 0.6 is 0 Å². The third kappa shape index (κ3) is 5.76. The van der Waals surface area contributed by atoms with E-state index in [9.17, 15) is 0 Å². The third-order valence-electron chi connectivity index (χ3n) is 6.96. The van der Waals surface area contributed by atoms with Gasteiger partial charge >= 0.3 is 0 Å². The molecule has 0 aliphatic carbocycles. The first-order chi connectivity index (χ1) is 16.7. The van der Waals surface area contributed by atoms with E-state index in [4.69, 9.17) is 9.97 Å². The summed E-state index contributed by atoms with van der Waals surface area (Å²) in [6, 6.07) is 9.96. The molecule has 1 aromatic carbocycles. The van der Waals surface area contributed by atoms with Crippen molar-refractivity contribution in [2.24, 2.45) is 0 Å². The highest BCUT2D eigenvalue weighted by Crippen LogP contribution is 2.27. The minimum absolute atomic E-state index is 0.271. The van der Waals surface area contributed by atoms with Crippen LogP contribution in [0.5, 0.6) is 0 Å². The molecule has 0 bridgehead atoms. The Balaban J connectivity index is 1.61. The molecule has 1 N–H and O–H groups in total. The number of hydrogen-bond donors (Lipinski definition) is 1. The summed E-state index contributed by atoms with van der Waals surface area (Å²) >= 11 is 0. The summed E-state index contributed by atoms with van der Waals surface area (Å²) in [6.45, 7) is 19.4. The Hall–Kier alpha value is -2.71. The van der Waals surface area contributed by atoms with Crippen LogP contribution in [0.15, 0.2) is 30.6 Å². The summed E-state index contributed by atoms with van der Waals surface area (Å²) in [6.07, 6.45) is 1.88. The van der Waals surface area contributed by atoms with Crippen molar-refractivity contribution in [2.45, 2.75) is 59.7 Å². The normalized spacial score (nSPS) is 15.3. The van der Waals surface area contributed by atoms with Crippen LogP contribution in [0.1, 0.15) is 47.6 Å². The van der Waals surface area contributed by atoms with E-state index in [1.165, 1.54) is 5.69 Å². The van der Waals surface area contributed by atoms with Gasteiger partial charge in [-0.05, 0) is 72.9 Å². The first-order valence-electron chi connectivity index (χ1n) is 13.0. The van der Waals surface area contributed by atoms with Crippen LogP contribution in [0.2, 0.25) is 0 Å². The number of piperazine rings is 1. The molecule has 0 amide bonds. The largest absolute Gasteiger partial charge is 0.369 e. The van der Waals surface area contributed by atoms with Gasteiger partial charge in [-0.25, -0.2) is 15.0 Å². The zero-order valence-corrected chi connectivity index (χ0v) is 22.5. The van der Waals surface area contributed by atoms with Crippen LogP contribution < -0.4 is 10.2 Å². The molecule has 3 heterocycles. The standard InChI is InChI=1S/C27H42N8/c1-19(2)34(20(3)4)13-12-28-26-24-27(35(18-29-24)21(5)6)31-25(30-26)22-8-10-23(11-9-22)33-16-14-32(7)15-17-33/h8-11,18-21H,12-17H2,1-7H3,(H,28,30,31). The monoisotopic (exact) mass is 478 g/mol. The summed E-state index contributed by atoms with van der Waals surface area (Å²) in [4.78, 5) is 21.9. The SMILES string of the molecule is CC(C)N(CCNc1nc(-c2ccc(N3CCN(C)CC3)cc2)nc2c1ncn2C(C)C)C(C)C. The van der Waals surface area contributed by atoms with Gasteiger partial charge in [-0.2, -0.15) is 0 Å². The summed E-state index contributed by atoms with van der Waals surface area (Å²) in [5, 5.41) is 3.58. The molecule has 8 heteroatoms. The topological polar surface area (TPSA) is 65.3 Å². The van der Waals surface area contributed by atoms with Gasteiger partial charge in [0.25, 0.3) is 0 Å². The minimum atomic E-state index is 0.271. The maximum Gasteiger partial charge on any atom is 0.166 e. The summed E-state index contributed by atoms with van der Waals surface area (Å²) < 4.78 is 2.12. The number of nitrogens with zero attached hydrogens (tertiary/aromatic N) is 7. The van der Waals surface area contributed by atoms with Crippen LogP contribution in [0.25, 0.3) is 22.6 Å². The number of fused-ring (bicyclic) bond motifs is 1. The lowest BCUT2D eigenvalue weighted by Gasteiger charge is -2.34. The van der Waals surface area contributed by atoms with Crippen molar-refractivity contribution in [1.29, 1.82) is 0 Å². The lowest BCUT2D eigenvalue weighted by molar-refractivity contribution is 0.182. The predicted octanol–water partition coefficient (Wildman–Crippen LogP) is 4.36. The zero-order chi connectivity index (χ0) is 25.1. The van der Waals surface area contributed by atoms with Gasteiger partial charge in [-0.3, -0.25) is 4.90 Å². The fourth-order valence-electron chi connectivity index (χ4n) is 4.85. The van der Waals surface area contributed by atoms with E-state index in [-0.39, 0.29) is 6.04 Å². The number of anilines is 2. The number of rotatable bonds is 9. The molecule has 1 fully saturated rings. The maximum absolute atomic E-state index is 4.96. The van der Waals surface area contributed by atoms with Gasteiger partial charge < -0.3 is 19.7 Å². The van der Waals surface area contributed by atoms with E-state index < -0.39 is 0 Å². The second kappa shape index (κ2) is 10.9. The number of aromatic nitrogens is 4. The molecule has 190 valence electrons. The van der Waals surface area contributed by atoms with Crippen LogP contribution in [0.4, 0.5) is 11.5 Å². The van der Waals surface area contributed by atoms with Crippen LogP contribution in [-0.2, 0) is 0 Å². The highest BCUT2D eigenvalue weighted by Gasteiger charge is 2.18. The minimum Gasteiger partial charge on any atom is -0.369 e. The average Bonchev–Trinajstić information content (AvgIpc) is 3.26. The highest BCUT2D eigenvalue weighted by atomic mass is 15.2. The molecule has 0 radical (unpaired) electrons. The van der Waals surface area contributed by atoms with Crippen molar-refractivity contribution >= 4 is 22.7 Å². The molecule has 3 aromatic rings. The molecule has 8 nitrogen and oxygen atoms in total. The van der Waals surface area contributed by atoms with E-state index in [0.717, 1.165) is 67.6 Å². The molecule has 2 aromatic heterocycles. The van der Waals surface area contributed by atoms with Crippen LogP contribution in [0.3, 0.4) is 0 Å². The molecule has 4 rings (SSSR count). The Morgan fingerprint density at radius 3 is 2.17 bits per heavy atom. The van der Waals surface area contributed by atoms with Crippen molar-refractivity contribution in [3.63, 3.8) is 0 Å². The van der Waals surface area contributed by atoms with Gasteiger partial charge in [0.15, 0.2) is 17.3 Å². The number of imidazole rings is 1. The fourth-order valence-corrected chi connectivity index (χ4v) is 4.85. The maximum atomic E-state index is 4.96. The molecule has 1 aliphatic rings. The molecular weight excluding hydrogens is 436 g/mol. The van der Waals surface area contributed by atoms with Crippen LogP contribution in [-0.4, -0.2) is 87.7 Å². The quantitative estimate of drug-likeness (QED) is 0.490. The number of nitrogens with one attached hydrogen (secondary N) is 1.